The van der Waals surface area contributed by atoms with Gasteiger partial charge in [0.25, 0.3) is 5.91 Å². The average Bonchev–Trinajstić information content (AvgIpc) is 2.59. The molecule has 3 N–H and O–H groups in total. The van der Waals surface area contributed by atoms with Gasteiger partial charge in [0, 0.05) is 0 Å². The molecule has 0 bridgehead atoms. The van der Waals surface area contributed by atoms with Gasteiger partial charge in [0.05, 0.1) is 12.2 Å². The zero-order valence-electron chi connectivity index (χ0n) is 8.58. The van der Waals surface area contributed by atoms with Crippen LogP contribution in [-0.2, 0) is 11.3 Å². The number of nitrogens with two attached hydrogens (primary N) is 1. The Morgan fingerprint density at radius 2 is 2.53 bits per heavy atom. The second kappa shape index (κ2) is 5.33. The molecule has 0 unspecified atom stereocenters. The molecule has 0 aliphatic heterocycles. The summed E-state index contributed by atoms with van der Waals surface area (Å²) in [4.78, 5) is 11.2. The van der Waals surface area contributed by atoms with Crippen molar-refractivity contribution < 1.29 is 13.9 Å². The first-order valence-electron chi connectivity index (χ1n) is 4.48. The summed E-state index contributed by atoms with van der Waals surface area (Å²) in [6.45, 7) is 5.97. The molecule has 1 rings (SSSR count). The fourth-order valence-electron chi connectivity index (χ4n) is 1.16. The van der Waals surface area contributed by atoms with Crippen molar-refractivity contribution in [2.45, 2.75) is 13.5 Å². The number of hydrogen-bond donors (Lipinski definition) is 2. The fourth-order valence-corrected chi connectivity index (χ4v) is 1.16. The molecular formula is C10H14N2O3. The number of carbonyl (C=O) groups is 1. The summed E-state index contributed by atoms with van der Waals surface area (Å²) in [6, 6.07) is 1.61. The van der Waals surface area contributed by atoms with Gasteiger partial charge in [-0.3, -0.25) is 10.2 Å². The molecule has 0 saturated carbocycles. The van der Waals surface area contributed by atoms with Gasteiger partial charge in [0.1, 0.15) is 18.1 Å². The lowest BCUT2D eigenvalue weighted by atomic mass is 10.2. The van der Waals surface area contributed by atoms with Gasteiger partial charge in [-0.25, -0.2) is 5.84 Å². The lowest BCUT2D eigenvalue weighted by molar-refractivity contribution is 0.0952. The van der Waals surface area contributed by atoms with E-state index in [-0.39, 0.29) is 5.91 Å². The first-order valence-corrected chi connectivity index (χ1v) is 4.48. The van der Waals surface area contributed by atoms with Crippen molar-refractivity contribution in [3.8, 4) is 0 Å². The van der Waals surface area contributed by atoms with Crippen LogP contribution in [-0.4, -0.2) is 12.5 Å². The van der Waals surface area contributed by atoms with Gasteiger partial charge >= 0.3 is 0 Å². The highest BCUT2D eigenvalue weighted by Crippen LogP contribution is 2.15. The zero-order valence-corrected chi connectivity index (χ0v) is 8.58. The highest BCUT2D eigenvalue weighted by atomic mass is 16.5. The number of carbonyl (C=O) groups excluding carboxylic acids is 1. The van der Waals surface area contributed by atoms with Crippen LogP contribution in [0.25, 0.3) is 0 Å². The number of aryl methyl sites for hydroxylation is 1. The number of amides is 1. The molecule has 1 heterocycles. The van der Waals surface area contributed by atoms with Crippen molar-refractivity contribution in [1.82, 2.24) is 5.43 Å². The maximum atomic E-state index is 11.2. The number of furan rings is 1. The van der Waals surface area contributed by atoms with Gasteiger partial charge in [-0.2, -0.15) is 0 Å². The number of rotatable bonds is 5. The lowest BCUT2D eigenvalue weighted by Gasteiger charge is -1.95. The van der Waals surface area contributed by atoms with Crippen LogP contribution in [0.4, 0.5) is 0 Å². The van der Waals surface area contributed by atoms with E-state index in [4.69, 9.17) is 15.0 Å². The Morgan fingerprint density at radius 3 is 3.13 bits per heavy atom. The topological polar surface area (TPSA) is 77.5 Å². The Kier molecular flexibility index (Phi) is 4.08. The molecular weight excluding hydrogens is 196 g/mol. The van der Waals surface area contributed by atoms with Gasteiger partial charge in [-0.05, 0) is 13.0 Å². The van der Waals surface area contributed by atoms with Crippen molar-refractivity contribution >= 4 is 5.91 Å². The van der Waals surface area contributed by atoms with Crippen LogP contribution in [0.15, 0.2) is 23.1 Å². The van der Waals surface area contributed by atoms with E-state index < -0.39 is 0 Å². The van der Waals surface area contributed by atoms with Crippen molar-refractivity contribution in [3.05, 3.63) is 35.8 Å². The summed E-state index contributed by atoms with van der Waals surface area (Å²) in [5.41, 5.74) is 2.47. The van der Waals surface area contributed by atoms with Crippen molar-refractivity contribution in [3.63, 3.8) is 0 Å². The molecule has 1 aromatic heterocycles. The van der Waals surface area contributed by atoms with E-state index in [0.717, 1.165) is 0 Å². The van der Waals surface area contributed by atoms with Gasteiger partial charge in [-0.15, -0.1) is 6.58 Å². The second-order valence-corrected chi connectivity index (χ2v) is 2.96. The predicted molar refractivity (Wildman–Crippen MR) is 55.0 cm³/mol. The molecule has 1 aromatic rings. The van der Waals surface area contributed by atoms with E-state index >= 15 is 0 Å². The molecule has 0 spiro atoms. The Morgan fingerprint density at radius 1 is 1.80 bits per heavy atom. The van der Waals surface area contributed by atoms with Crippen LogP contribution < -0.4 is 11.3 Å². The largest absolute Gasteiger partial charge is 0.463 e. The molecule has 5 heteroatoms. The monoisotopic (exact) mass is 210 g/mol. The van der Waals surface area contributed by atoms with E-state index in [1.54, 1.807) is 19.1 Å². The highest BCUT2D eigenvalue weighted by molar-refractivity contribution is 5.94. The summed E-state index contributed by atoms with van der Waals surface area (Å²) < 4.78 is 10.5. The van der Waals surface area contributed by atoms with E-state index in [2.05, 4.69) is 6.58 Å². The van der Waals surface area contributed by atoms with Crippen molar-refractivity contribution in [1.29, 1.82) is 0 Å². The van der Waals surface area contributed by atoms with Crippen LogP contribution >= 0.6 is 0 Å². The van der Waals surface area contributed by atoms with Gasteiger partial charge in [-0.1, -0.05) is 6.08 Å². The molecule has 0 aliphatic rings. The number of ether oxygens (including phenoxy) is 1. The molecule has 1 amide bonds. The summed E-state index contributed by atoms with van der Waals surface area (Å²) in [7, 11) is 0. The molecule has 0 radical (unpaired) electrons. The quantitative estimate of drug-likeness (QED) is 0.249. The number of hydrogen-bond acceptors (Lipinski definition) is 4. The number of nitrogen functional groups attached to an aromatic ring is 1. The predicted octanol–water partition coefficient (Wildman–Crippen LogP) is 0.894. The highest BCUT2D eigenvalue weighted by Gasteiger charge is 2.13. The average molecular weight is 210 g/mol. The van der Waals surface area contributed by atoms with E-state index in [1.807, 2.05) is 5.43 Å². The number of hydrazine groups is 1. The molecule has 82 valence electrons. The summed E-state index contributed by atoms with van der Waals surface area (Å²) >= 11 is 0. The van der Waals surface area contributed by atoms with Crippen molar-refractivity contribution in [2.75, 3.05) is 6.61 Å². The van der Waals surface area contributed by atoms with Crippen LogP contribution in [0.5, 0.6) is 0 Å². The Balaban J connectivity index is 2.68. The minimum atomic E-state index is -0.369. The maximum absolute atomic E-state index is 11.2. The van der Waals surface area contributed by atoms with Gasteiger partial charge < -0.3 is 9.15 Å². The molecule has 0 atom stereocenters. The van der Waals surface area contributed by atoms with E-state index in [0.29, 0.717) is 30.3 Å². The van der Waals surface area contributed by atoms with Crippen LogP contribution in [0, 0.1) is 6.92 Å². The molecule has 0 fully saturated rings. The third-order valence-electron chi connectivity index (χ3n) is 1.82. The normalized spacial score (nSPS) is 10.0. The first kappa shape index (κ1) is 11.5. The van der Waals surface area contributed by atoms with E-state index in [1.165, 1.54) is 0 Å². The standard InChI is InChI=1S/C10H14N2O3/c1-3-4-14-6-8-5-9(7(2)15-8)10(13)12-11/h3,5H,1,4,6,11H2,2H3,(H,12,13). The molecule has 15 heavy (non-hydrogen) atoms. The van der Waals surface area contributed by atoms with Crippen molar-refractivity contribution in [2.24, 2.45) is 5.84 Å². The Hall–Kier alpha value is -1.59. The third kappa shape index (κ3) is 2.93. The van der Waals surface area contributed by atoms with Crippen LogP contribution in [0.3, 0.4) is 0 Å². The van der Waals surface area contributed by atoms with Crippen LogP contribution in [0.2, 0.25) is 0 Å². The molecule has 0 saturated heterocycles. The maximum Gasteiger partial charge on any atom is 0.268 e. The third-order valence-corrected chi connectivity index (χ3v) is 1.82. The summed E-state index contributed by atoms with van der Waals surface area (Å²) in [5.74, 6) is 5.76. The van der Waals surface area contributed by atoms with E-state index in [9.17, 15) is 4.79 Å². The van der Waals surface area contributed by atoms with Gasteiger partial charge in [0.2, 0.25) is 0 Å². The second-order valence-electron chi connectivity index (χ2n) is 2.96. The Labute approximate surface area is 87.9 Å². The number of nitrogens with one attached hydrogen (secondary N) is 1. The summed E-state index contributed by atoms with van der Waals surface area (Å²) in [5, 5.41) is 0. The fraction of sp³-hybridized carbons (Fsp3) is 0.300. The Bertz CT molecular complexity index is 358. The zero-order chi connectivity index (χ0) is 11.3. The SMILES string of the molecule is C=CCOCc1cc(C(=O)NN)c(C)o1. The first-order chi connectivity index (χ1) is 7.19. The lowest BCUT2D eigenvalue weighted by Crippen LogP contribution is -2.30. The minimum absolute atomic E-state index is 0.310. The van der Waals surface area contributed by atoms with Crippen LogP contribution in [0.1, 0.15) is 21.9 Å². The van der Waals surface area contributed by atoms with Gasteiger partial charge in [0.15, 0.2) is 0 Å². The minimum Gasteiger partial charge on any atom is -0.463 e. The summed E-state index contributed by atoms with van der Waals surface area (Å²) in [6.07, 6.45) is 1.64. The molecule has 0 aliphatic carbocycles. The molecule has 0 aromatic carbocycles. The smallest absolute Gasteiger partial charge is 0.268 e. The molecule has 5 nitrogen and oxygen atoms in total.